The summed E-state index contributed by atoms with van der Waals surface area (Å²) in [7, 11) is 1.63. The van der Waals surface area contributed by atoms with Gasteiger partial charge in [-0.1, -0.05) is 0 Å². The van der Waals surface area contributed by atoms with Crippen molar-refractivity contribution in [2.45, 2.75) is 57.8 Å². The summed E-state index contributed by atoms with van der Waals surface area (Å²) in [5.41, 5.74) is 10.4. The van der Waals surface area contributed by atoms with Gasteiger partial charge in [0.15, 0.2) is 5.82 Å². The number of hydrogen-bond donors (Lipinski definition) is 2. The average Bonchev–Trinajstić information content (AvgIpc) is 3.39. The van der Waals surface area contributed by atoms with E-state index in [4.69, 9.17) is 20.4 Å². The van der Waals surface area contributed by atoms with Crippen LogP contribution in [0.25, 0.3) is 33.6 Å². The number of nitrogens with two attached hydrogens (primary N) is 1. The first-order valence-corrected chi connectivity index (χ1v) is 16.4. The molecule has 8 rings (SSSR count). The van der Waals surface area contributed by atoms with Gasteiger partial charge in [0.05, 0.1) is 24.9 Å². The number of carbonyl (C=O) groups excluding carboxylic acids is 3. The van der Waals surface area contributed by atoms with Gasteiger partial charge in [-0.25, -0.2) is 9.97 Å². The van der Waals surface area contributed by atoms with E-state index in [1.54, 1.807) is 12.0 Å². The lowest BCUT2D eigenvalue weighted by atomic mass is 9.99. The minimum absolute atomic E-state index is 0.00370. The van der Waals surface area contributed by atoms with Gasteiger partial charge in [-0.2, -0.15) is 0 Å². The van der Waals surface area contributed by atoms with E-state index in [2.05, 4.69) is 26.6 Å². The number of methoxy groups -OCH3 is 1. The molecule has 3 aromatic heterocycles. The molecule has 4 fully saturated rings. The molecule has 240 valence electrons. The van der Waals surface area contributed by atoms with Crippen molar-refractivity contribution < 1.29 is 19.1 Å². The lowest BCUT2D eigenvalue weighted by Gasteiger charge is -2.39. The Bertz CT molecular complexity index is 1870. The monoisotopic (exact) mass is 624 g/mol. The molecule has 2 saturated heterocycles. The number of pyridine rings is 1. The summed E-state index contributed by atoms with van der Waals surface area (Å²) in [5, 5.41) is 3.66. The predicted molar refractivity (Wildman–Crippen MR) is 172 cm³/mol. The van der Waals surface area contributed by atoms with Crippen LogP contribution >= 0.6 is 0 Å². The number of nitrogens with one attached hydrogen (secondary N) is 1. The van der Waals surface area contributed by atoms with Gasteiger partial charge in [0.2, 0.25) is 11.8 Å². The number of amides is 3. The molecule has 2 aliphatic carbocycles. The fraction of sp³-hybridized carbons (Fsp3) is 0.500. The van der Waals surface area contributed by atoms with Gasteiger partial charge >= 0.3 is 0 Å². The van der Waals surface area contributed by atoms with Gasteiger partial charge in [-0.05, 0) is 67.9 Å². The smallest absolute Gasteiger partial charge is 0.254 e. The number of benzene rings is 1. The van der Waals surface area contributed by atoms with Crippen LogP contribution in [0.2, 0.25) is 0 Å². The van der Waals surface area contributed by atoms with Crippen LogP contribution in [0.1, 0.15) is 43.0 Å². The summed E-state index contributed by atoms with van der Waals surface area (Å²) >= 11 is 0. The highest BCUT2D eigenvalue weighted by Gasteiger charge is 2.47. The number of piperidine rings is 1. The molecule has 3 amide bonds. The summed E-state index contributed by atoms with van der Waals surface area (Å²) in [6, 6.07) is 10.0. The molecule has 4 aromatic rings. The van der Waals surface area contributed by atoms with Crippen molar-refractivity contribution >= 4 is 39.8 Å². The highest BCUT2D eigenvalue weighted by atomic mass is 16.5. The maximum Gasteiger partial charge on any atom is 0.254 e. The lowest BCUT2D eigenvalue weighted by molar-refractivity contribution is -0.138. The van der Waals surface area contributed by atoms with Crippen molar-refractivity contribution in [2.75, 3.05) is 33.3 Å². The Balaban J connectivity index is 1.20. The minimum Gasteiger partial charge on any atom is -0.494 e. The molecular formula is C34H40N8O4. The number of aromatic nitrogens is 4. The molecule has 0 spiro atoms. The van der Waals surface area contributed by atoms with E-state index in [1.165, 1.54) is 19.8 Å². The van der Waals surface area contributed by atoms with Gasteiger partial charge in [0.1, 0.15) is 16.9 Å². The van der Waals surface area contributed by atoms with Crippen molar-refractivity contribution in [3.8, 4) is 17.3 Å². The van der Waals surface area contributed by atoms with Crippen molar-refractivity contribution in [1.29, 1.82) is 0 Å². The normalized spacial score (nSPS) is 22.5. The Labute approximate surface area is 266 Å². The number of nitrogens with zero attached hydrogens (tertiary/aromatic N) is 6. The van der Waals surface area contributed by atoms with E-state index in [0.717, 1.165) is 47.5 Å². The first kappa shape index (κ1) is 29.0. The highest BCUT2D eigenvalue weighted by molar-refractivity contribution is 6.00. The maximum absolute atomic E-state index is 13.9. The molecule has 4 aliphatic rings. The molecule has 3 atom stereocenters. The van der Waals surface area contributed by atoms with Crippen LogP contribution in [0, 0.1) is 17.8 Å². The number of ether oxygens (including phenoxy) is 1. The van der Waals surface area contributed by atoms with Crippen LogP contribution in [-0.2, 0) is 22.7 Å². The molecule has 2 saturated carbocycles. The molecule has 2 bridgehead atoms. The first-order valence-electron chi connectivity index (χ1n) is 16.4. The summed E-state index contributed by atoms with van der Waals surface area (Å²) in [5.74, 6) is 2.21. The van der Waals surface area contributed by atoms with Crippen LogP contribution in [0.4, 0.5) is 0 Å². The van der Waals surface area contributed by atoms with E-state index in [9.17, 15) is 14.4 Å². The van der Waals surface area contributed by atoms with Crippen molar-refractivity contribution in [3.05, 3.63) is 42.1 Å². The number of imidazole rings is 1. The van der Waals surface area contributed by atoms with Crippen LogP contribution in [-0.4, -0.2) is 92.0 Å². The standard InChI is InChI=1S/C34H40N8O4/c1-19(43)37-13-29(44)39-14-21(15-39)17-42-31-25(10-24(12-28(31)46-2)34(45)41-18-23-7-8-26(41)30(23)35)38-33(42)27-11-22-4-3-9-36-32(22)40(27)16-20-5-6-20/h3-4,9-12,20-21,23,26,30H,5-8,13-18,35H2,1-2H3,(H,37,43)/t23-,26-,30-/m1/s1. The number of hydrogen-bond acceptors (Lipinski definition) is 7. The highest BCUT2D eigenvalue weighted by Crippen LogP contribution is 2.41. The third-order valence-corrected chi connectivity index (χ3v) is 10.4. The third-order valence-electron chi connectivity index (χ3n) is 10.4. The van der Waals surface area contributed by atoms with Crippen LogP contribution < -0.4 is 15.8 Å². The number of likely N-dealkylation sites (tertiary alicyclic amines) is 2. The number of carbonyl (C=O) groups is 3. The van der Waals surface area contributed by atoms with Crippen molar-refractivity contribution in [3.63, 3.8) is 0 Å². The molecule has 2 aliphatic heterocycles. The van der Waals surface area contributed by atoms with Crippen LogP contribution in [0.5, 0.6) is 5.75 Å². The zero-order valence-electron chi connectivity index (χ0n) is 26.3. The summed E-state index contributed by atoms with van der Waals surface area (Å²) in [6.45, 7) is 4.75. The Hall–Kier alpha value is -4.45. The lowest BCUT2D eigenvalue weighted by Crippen LogP contribution is -2.54. The Morgan fingerprint density at radius 3 is 2.52 bits per heavy atom. The number of fused-ring (bicyclic) bond motifs is 4. The molecule has 12 nitrogen and oxygen atoms in total. The molecule has 5 heterocycles. The van der Waals surface area contributed by atoms with Gasteiger partial charge in [-0.3, -0.25) is 14.4 Å². The summed E-state index contributed by atoms with van der Waals surface area (Å²) in [6.07, 6.45) is 6.26. The molecule has 0 radical (unpaired) electrons. The van der Waals surface area contributed by atoms with Crippen molar-refractivity contribution in [1.82, 2.24) is 34.2 Å². The average molecular weight is 625 g/mol. The summed E-state index contributed by atoms with van der Waals surface area (Å²) < 4.78 is 10.5. The van der Waals surface area contributed by atoms with E-state index in [-0.39, 0.29) is 42.3 Å². The van der Waals surface area contributed by atoms with E-state index in [0.29, 0.717) is 54.8 Å². The molecular weight excluding hydrogens is 584 g/mol. The van der Waals surface area contributed by atoms with E-state index >= 15 is 0 Å². The molecule has 46 heavy (non-hydrogen) atoms. The molecule has 1 aromatic carbocycles. The van der Waals surface area contributed by atoms with E-state index < -0.39 is 0 Å². The second-order valence-electron chi connectivity index (χ2n) is 13.6. The first-order chi connectivity index (χ1) is 22.3. The Morgan fingerprint density at radius 1 is 1.02 bits per heavy atom. The van der Waals surface area contributed by atoms with Gasteiger partial charge in [0, 0.05) is 74.8 Å². The SMILES string of the molecule is COc1cc(C(=O)N2C[C@H]3CC[C@@H]2[C@@H]3N)cc2nc(-c3cc4cccnc4n3CC3CC3)n(CC3CN(C(=O)CNC(C)=O)C3)c12. The minimum atomic E-state index is -0.221. The molecule has 3 N–H and O–H groups in total. The fourth-order valence-corrected chi connectivity index (χ4v) is 7.80. The number of rotatable bonds is 9. The quantitative estimate of drug-likeness (QED) is 0.292. The van der Waals surface area contributed by atoms with Gasteiger partial charge < -0.3 is 34.7 Å². The summed E-state index contributed by atoms with van der Waals surface area (Å²) in [4.78, 5) is 51.5. The molecule has 0 unspecified atom stereocenters. The zero-order valence-corrected chi connectivity index (χ0v) is 26.3. The Morgan fingerprint density at radius 2 is 1.83 bits per heavy atom. The predicted octanol–water partition coefficient (Wildman–Crippen LogP) is 2.63. The zero-order chi connectivity index (χ0) is 31.7. The topological polar surface area (TPSA) is 141 Å². The van der Waals surface area contributed by atoms with Crippen LogP contribution in [0.3, 0.4) is 0 Å². The third kappa shape index (κ3) is 4.90. The van der Waals surface area contributed by atoms with Gasteiger partial charge in [0.25, 0.3) is 5.91 Å². The van der Waals surface area contributed by atoms with E-state index in [1.807, 2.05) is 29.3 Å². The largest absolute Gasteiger partial charge is 0.494 e. The van der Waals surface area contributed by atoms with Gasteiger partial charge in [-0.15, -0.1) is 0 Å². The second-order valence-corrected chi connectivity index (χ2v) is 13.6. The second kappa shape index (κ2) is 11.1. The fourth-order valence-electron chi connectivity index (χ4n) is 7.80. The molecule has 12 heteroatoms. The maximum atomic E-state index is 13.9. The Kier molecular flexibility index (Phi) is 7.00. The van der Waals surface area contributed by atoms with Crippen LogP contribution in [0.15, 0.2) is 36.5 Å². The van der Waals surface area contributed by atoms with Crippen molar-refractivity contribution in [2.24, 2.45) is 23.5 Å².